The molecule has 0 amide bonds. The van der Waals surface area contributed by atoms with Crippen molar-refractivity contribution in [2.45, 2.75) is 32.0 Å². The molecule has 0 bridgehead atoms. The lowest BCUT2D eigenvalue weighted by molar-refractivity contribution is -0.234. The molecule has 4 heteroatoms. The van der Waals surface area contributed by atoms with E-state index in [9.17, 15) is 13.2 Å². The molecule has 1 nitrogen and oxygen atoms in total. The Kier molecular flexibility index (Phi) is 2.42. The molecule has 1 fully saturated rings. The van der Waals surface area contributed by atoms with Crippen molar-refractivity contribution in [2.24, 2.45) is 5.92 Å². The van der Waals surface area contributed by atoms with Gasteiger partial charge >= 0.3 is 6.18 Å². The fourth-order valence-corrected chi connectivity index (χ4v) is 1.14. The predicted molar refractivity (Wildman–Crippen MR) is 34.2 cm³/mol. The summed E-state index contributed by atoms with van der Waals surface area (Å²) in [7, 11) is 0. The van der Waals surface area contributed by atoms with Crippen LogP contribution in [-0.4, -0.2) is 18.9 Å². The van der Waals surface area contributed by atoms with Gasteiger partial charge in [0.2, 0.25) is 0 Å². The van der Waals surface area contributed by atoms with Gasteiger partial charge in [-0.25, -0.2) is 0 Å². The van der Waals surface area contributed by atoms with Gasteiger partial charge < -0.3 is 4.74 Å². The van der Waals surface area contributed by atoms with Gasteiger partial charge in [0.1, 0.15) is 0 Å². The molecule has 0 aromatic rings. The van der Waals surface area contributed by atoms with Gasteiger partial charge in [-0.05, 0) is 18.8 Å². The Morgan fingerprint density at radius 3 is 2.27 bits per heavy atom. The van der Waals surface area contributed by atoms with E-state index in [1.807, 2.05) is 6.92 Å². The summed E-state index contributed by atoms with van der Waals surface area (Å²) in [4.78, 5) is 0. The Bertz CT molecular complexity index is 124. The van der Waals surface area contributed by atoms with Crippen LogP contribution in [0.4, 0.5) is 13.2 Å². The zero-order valence-corrected chi connectivity index (χ0v) is 6.32. The highest BCUT2D eigenvalue weighted by Crippen LogP contribution is 2.31. The van der Waals surface area contributed by atoms with E-state index in [-0.39, 0.29) is 18.9 Å². The number of hydrogen-bond donors (Lipinski definition) is 0. The summed E-state index contributed by atoms with van der Waals surface area (Å²) in [6, 6.07) is 0. The predicted octanol–water partition coefficient (Wildman–Crippen LogP) is 2.36. The monoisotopic (exact) mass is 168 g/mol. The first-order valence-corrected chi connectivity index (χ1v) is 3.68. The summed E-state index contributed by atoms with van der Waals surface area (Å²) in [6.07, 6.45) is -4.95. The molecule has 0 aliphatic carbocycles. The molecule has 1 saturated heterocycles. The highest BCUT2D eigenvalue weighted by atomic mass is 19.4. The molecule has 1 aliphatic heterocycles. The van der Waals surface area contributed by atoms with Gasteiger partial charge in [-0.1, -0.05) is 6.92 Å². The average molecular weight is 168 g/mol. The lowest BCUT2D eigenvalue weighted by atomic mass is 10.0. The number of halogens is 3. The fraction of sp³-hybridized carbons (Fsp3) is 1.00. The largest absolute Gasteiger partial charge is 0.414 e. The van der Waals surface area contributed by atoms with Crippen LogP contribution in [0.25, 0.3) is 0 Å². The third-order valence-electron chi connectivity index (χ3n) is 1.87. The lowest BCUT2D eigenvalue weighted by Gasteiger charge is -2.28. The van der Waals surface area contributed by atoms with Gasteiger partial charge in [0.05, 0.1) is 0 Å². The Morgan fingerprint density at radius 2 is 1.91 bits per heavy atom. The summed E-state index contributed by atoms with van der Waals surface area (Å²) in [5.74, 6) is 0.272. The second-order valence-electron chi connectivity index (χ2n) is 3.05. The molecule has 0 radical (unpaired) electrons. The van der Waals surface area contributed by atoms with Crippen molar-refractivity contribution in [1.82, 2.24) is 0 Å². The number of rotatable bonds is 0. The zero-order chi connectivity index (χ0) is 8.48. The van der Waals surface area contributed by atoms with Gasteiger partial charge in [0, 0.05) is 6.61 Å². The van der Waals surface area contributed by atoms with E-state index >= 15 is 0 Å². The Labute approximate surface area is 63.5 Å². The normalized spacial score (nSPS) is 33.8. The first-order valence-electron chi connectivity index (χ1n) is 3.68. The van der Waals surface area contributed by atoms with Crippen LogP contribution < -0.4 is 0 Å². The SMILES string of the molecule is C[C@@H]1CC[C@H](C(F)(F)F)OC1. The Hall–Kier alpha value is -0.250. The second kappa shape index (κ2) is 3.01. The van der Waals surface area contributed by atoms with Crippen LogP contribution >= 0.6 is 0 Å². The molecule has 0 aromatic carbocycles. The van der Waals surface area contributed by atoms with E-state index in [0.717, 1.165) is 0 Å². The highest BCUT2D eigenvalue weighted by Gasteiger charge is 2.42. The van der Waals surface area contributed by atoms with E-state index in [0.29, 0.717) is 6.42 Å². The molecule has 2 atom stereocenters. The van der Waals surface area contributed by atoms with Gasteiger partial charge in [-0.2, -0.15) is 13.2 Å². The van der Waals surface area contributed by atoms with Crippen LogP contribution in [-0.2, 0) is 4.74 Å². The summed E-state index contributed by atoms with van der Waals surface area (Å²) in [5, 5.41) is 0. The fourth-order valence-electron chi connectivity index (χ4n) is 1.14. The standard InChI is InChI=1S/C7H11F3O/c1-5-2-3-6(11-4-5)7(8,9)10/h5-6H,2-4H2,1H3/t5-,6-/m1/s1. The van der Waals surface area contributed by atoms with Gasteiger partial charge in [0.25, 0.3) is 0 Å². The number of alkyl halides is 3. The minimum Gasteiger partial charge on any atom is -0.369 e. The molecule has 11 heavy (non-hydrogen) atoms. The smallest absolute Gasteiger partial charge is 0.369 e. The maximum atomic E-state index is 11.9. The third-order valence-corrected chi connectivity index (χ3v) is 1.87. The van der Waals surface area contributed by atoms with E-state index < -0.39 is 12.3 Å². The van der Waals surface area contributed by atoms with E-state index in [2.05, 4.69) is 4.74 Å². The maximum Gasteiger partial charge on any atom is 0.414 e. The van der Waals surface area contributed by atoms with Crippen molar-refractivity contribution in [3.63, 3.8) is 0 Å². The maximum absolute atomic E-state index is 11.9. The van der Waals surface area contributed by atoms with Crippen molar-refractivity contribution in [3.8, 4) is 0 Å². The van der Waals surface area contributed by atoms with Crippen LogP contribution in [0.1, 0.15) is 19.8 Å². The molecule has 1 aliphatic rings. The minimum atomic E-state index is -4.17. The topological polar surface area (TPSA) is 9.23 Å². The number of ether oxygens (including phenoxy) is 1. The molecule has 66 valence electrons. The highest BCUT2D eigenvalue weighted by molar-refractivity contribution is 4.73. The van der Waals surface area contributed by atoms with Crippen LogP contribution in [0.15, 0.2) is 0 Å². The summed E-state index contributed by atoms with van der Waals surface area (Å²) < 4.78 is 40.5. The zero-order valence-electron chi connectivity index (χ0n) is 6.32. The molecular formula is C7H11F3O. The average Bonchev–Trinajstić information content (AvgIpc) is 1.86. The van der Waals surface area contributed by atoms with Crippen LogP contribution in [0.5, 0.6) is 0 Å². The summed E-state index contributed by atoms with van der Waals surface area (Å²) in [5.41, 5.74) is 0. The molecule has 1 rings (SSSR count). The van der Waals surface area contributed by atoms with Crippen molar-refractivity contribution < 1.29 is 17.9 Å². The van der Waals surface area contributed by atoms with Crippen molar-refractivity contribution >= 4 is 0 Å². The quantitative estimate of drug-likeness (QED) is 0.539. The van der Waals surface area contributed by atoms with E-state index in [1.165, 1.54) is 0 Å². The Morgan fingerprint density at radius 1 is 1.27 bits per heavy atom. The molecule has 0 N–H and O–H groups in total. The van der Waals surface area contributed by atoms with Crippen LogP contribution in [0, 0.1) is 5.92 Å². The third kappa shape index (κ3) is 2.36. The molecule has 1 heterocycles. The van der Waals surface area contributed by atoms with E-state index in [1.54, 1.807) is 0 Å². The minimum absolute atomic E-state index is 0.116. The molecule has 0 saturated carbocycles. The van der Waals surface area contributed by atoms with Crippen LogP contribution in [0.2, 0.25) is 0 Å². The van der Waals surface area contributed by atoms with Crippen molar-refractivity contribution in [3.05, 3.63) is 0 Å². The first-order chi connectivity index (χ1) is 5.00. The van der Waals surface area contributed by atoms with Gasteiger partial charge in [-0.15, -0.1) is 0 Å². The summed E-state index contributed by atoms with van der Waals surface area (Å²) >= 11 is 0. The molecule has 0 spiro atoms. The first kappa shape index (κ1) is 8.84. The van der Waals surface area contributed by atoms with Crippen LogP contribution in [0.3, 0.4) is 0 Å². The molecular weight excluding hydrogens is 157 g/mol. The summed E-state index contributed by atoms with van der Waals surface area (Å²) in [6.45, 7) is 2.14. The number of hydrogen-bond acceptors (Lipinski definition) is 1. The molecule has 0 unspecified atom stereocenters. The van der Waals surface area contributed by atoms with Crippen molar-refractivity contribution in [1.29, 1.82) is 0 Å². The van der Waals surface area contributed by atoms with Crippen molar-refractivity contribution in [2.75, 3.05) is 6.61 Å². The Balaban J connectivity index is 2.39. The van der Waals surface area contributed by atoms with E-state index in [4.69, 9.17) is 0 Å². The second-order valence-corrected chi connectivity index (χ2v) is 3.05. The van der Waals surface area contributed by atoms with Gasteiger partial charge in [-0.3, -0.25) is 0 Å². The van der Waals surface area contributed by atoms with Gasteiger partial charge in [0.15, 0.2) is 6.10 Å². The lowest BCUT2D eigenvalue weighted by Crippen LogP contribution is -2.36. The molecule has 0 aromatic heterocycles.